The van der Waals surface area contributed by atoms with Crippen molar-refractivity contribution in [3.8, 4) is 17.0 Å². The number of carbonyl (C=O) groups excluding carboxylic acids is 1. The summed E-state index contributed by atoms with van der Waals surface area (Å²) in [5.41, 5.74) is 10.9. The molecule has 3 aromatic heterocycles. The predicted molar refractivity (Wildman–Crippen MR) is 133 cm³/mol. The Morgan fingerprint density at radius 1 is 1.23 bits per heavy atom. The summed E-state index contributed by atoms with van der Waals surface area (Å²) in [7, 11) is 1.63. The maximum absolute atomic E-state index is 11.7. The van der Waals surface area contributed by atoms with E-state index < -0.39 is 6.61 Å². The molecule has 1 aliphatic rings. The lowest BCUT2D eigenvalue weighted by Gasteiger charge is -2.32. The molecule has 0 aliphatic carbocycles. The largest absolute Gasteiger partial charge is 0.495 e. The zero-order chi connectivity index (χ0) is 24.4. The number of fused-ring (bicyclic) bond motifs is 1. The number of hydrogen-bond donors (Lipinski definition) is 3. The van der Waals surface area contributed by atoms with E-state index in [0.717, 1.165) is 35.2 Å². The molecule has 0 radical (unpaired) electrons. The van der Waals surface area contributed by atoms with Crippen molar-refractivity contribution >= 4 is 28.7 Å². The average Bonchev–Trinajstić information content (AvgIpc) is 3.33. The fourth-order valence-electron chi connectivity index (χ4n) is 4.53. The number of amides is 1. The Morgan fingerprint density at radius 2 is 2.06 bits per heavy atom. The Bertz CT molecular complexity index is 1360. The number of carbonyl (C=O) groups is 1. The topological polar surface area (TPSA) is 131 Å². The first-order chi connectivity index (χ1) is 17.1. The van der Waals surface area contributed by atoms with Crippen LogP contribution in [0.1, 0.15) is 24.3 Å². The van der Waals surface area contributed by atoms with E-state index in [1.165, 1.54) is 0 Å². The molecule has 5 rings (SSSR count). The minimum Gasteiger partial charge on any atom is -0.495 e. The SMILES string of the molecule is COc1cc(C2CCN(C(=O)CO)CC2)ccc1Nc1ncc(N)c(-c2cnn3ccccc23)n1. The van der Waals surface area contributed by atoms with E-state index in [1.54, 1.807) is 28.9 Å². The molecule has 1 aromatic carbocycles. The number of hydrogen-bond acceptors (Lipinski definition) is 8. The van der Waals surface area contributed by atoms with Crippen LogP contribution in [0.4, 0.5) is 17.3 Å². The van der Waals surface area contributed by atoms with Gasteiger partial charge in [-0.05, 0) is 48.6 Å². The molecule has 180 valence electrons. The summed E-state index contributed by atoms with van der Waals surface area (Å²) in [6.07, 6.45) is 6.87. The second-order valence-corrected chi connectivity index (χ2v) is 8.48. The van der Waals surface area contributed by atoms with Crippen molar-refractivity contribution in [1.82, 2.24) is 24.5 Å². The lowest BCUT2D eigenvalue weighted by atomic mass is 9.89. The molecule has 1 fully saturated rings. The Kier molecular flexibility index (Phi) is 6.19. The van der Waals surface area contributed by atoms with E-state index in [-0.39, 0.29) is 5.91 Å². The number of benzene rings is 1. The quantitative estimate of drug-likeness (QED) is 0.390. The number of anilines is 3. The molecule has 4 N–H and O–H groups in total. The summed E-state index contributed by atoms with van der Waals surface area (Å²) in [5, 5.41) is 16.7. The maximum Gasteiger partial charge on any atom is 0.248 e. The Labute approximate surface area is 202 Å². The van der Waals surface area contributed by atoms with Crippen molar-refractivity contribution in [3.05, 3.63) is 60.6 Å². The minimum atomic E-state index is -0.439. The molecule has 0 bridgehead atoms. The summed E-state index contributed by atoms with van der Waals surface area (Å²) >= 11 is 0. The van der Waals surface area contributed by atoms with Crippen LogP contribution in [-0.4, -0.2) is 62.3 Å². The van der Waals surface area contributed by atoms with Crippen LogP contribution in [-0.2, 0) is 4.79 Å². The van der Waals surface area contributed by atoms with Gasteiger partial charge >= 0.3 is 0 Å². The normalized spacial score (nSPS) is 14.3. The molecular weight excluding hydrogens is 446 g/mol. The van der Waals surface area contributed by atoms with Crippen LogP contribution in [0.15, 0.2) is 55.0 Å². The molecule has 1 amide bonds. The molecule has 1 aliphatic heterocycles. The number of nitrogens with zero attached hydrogens (tertiary/aromatic N) is 5. The zero-order valence-corrected chi connectivity index (χ0v) is 19.4. The van der Waals surface area contributed by atoms with Crippen molar-refractivity contribution in [3.63, 3.8) is 0 Å². The van der Waals surface area contributed by atoms with Crippen molar-refractivity contribution in [1.29, 1.82) is 0 Å². The molecule has 4 heterocycles. The summed E-state index contributed by atoms with van der Waals surface area (Å²) in [4.78, 5) is 22.5. The number of nitrogens with two attached hydrogens (primary N) is 1. The molecular formula is C25H27N7O3. The van der Waals surface area contributed by atoms with E-state index in [9.17, 15) is 4.79 Å². The molecule has 10 nitrogen and oxygen atoms in total. The summed E-state index contributed by atoms with van der Waals surface area (Å²) in [6.45, 7) is 0.834. The lowest BCUT2D eigenvalue weighted by molar-refractivity contribution is -0.135. The van der Waals surface area contributed by atoms with Gasteiger partial charge in [-0.1, -0.05) is 12.1 Å². The van der Waals surface area contributed by atoms with Crippen molar-refractivity contribution < 1.29 is 14.6 Å². The number of rotatable bonds is 6. The predicted octanol–water partition coefficient (Wildman–Crippen LogP) is 2.82. The zero-order valence-electron chi connectivity index (χ0n) is 19.4. The van der Waals surface area contributed by atoms with Crippen molar-refractivity contribution in [2.24, 2.45) is 0 Å². The fourth-order valence-corrected chi connectivity index (χ4v) is 4.53. The number of nitrogen functional groups attached to an aromatic ring is 1. The molecule has 0 atom stereocenters. The molecule has 0 saturated carbocycles. The Hall–Kier alpha value is -4.18. The van der Waals surface area contributed by atoms with Gasteiger partial charge in [0.05, 0.1) is 36.4 Å². The molecule has 1 saturated heterocycles. The van der Waals surface area contributed by atoms with Crippen LogP contribution in [0.3, 0.4) is 0 Å². The molecule has 0 spiro atoms. The van der Waals surface area contributed by atoms with E-state index in [4.69, 9.17) is 15.6 Å². The third-order valence-corrected chi connectivity index (χ3v) is 6.43. The highest BCUT2D eigenvalue weighted by atomic mass is 16.5. The van der Waals surface area contributed by atoms with Gasteiger partial charge in [-0.3, -0.25) is 4.79 Å². The van der Waals surface area contributed by atoms with Crippen LogP contribution in [0.25, 0.3) is 16.8 Å². The van der Waals surface area contributed by atoms with Crippen LogP contribution < -0.4 is 15.8 Å². The fraction of sp³-hybridized carbons (Fsp3) is 0.280. The first-order valence-electron chi connectivity index (χ1n) is 11.5. The van der Waals surface area contributed by atoms with Crippen LogP contribution in [0, 0.1) is 0 Å². The maximum atomic E-state index is 11.7. The van der Waals surface area contributed by atoms with Gasteiger partial charge in [0.2, 0.25) is 11.9 Å². The lowest BCUT2D eigenvalue weighted by Crippen LogP contribution is -2.39. The third-order valence-electron chi connectivity index (χ3n) is 6.43. The number of aromatic nitrogens is 4. The van der Waals surface area contributed by atoms with Crippen LogP contribution >= 0.6 is 0 Å². The number of aliphatic hydroxyl groups is 1. The highest BCUT2D eigenvalue weighted by Gasteiger charge is 2.24. The average molecular weight is 474 g/mol. The Morgan fingerprint density at radius 3 is 2.83 bits per heavy atom. The van der Waals surface area contributed by atoms with Gasteiger partial charge in [-0.2, -0.15) is 5.10 Å². The van der Waals surface area contributed by atoms with Gasteiger partial charge < -0.3 is 25.8 Å². The number of piperidine rings is 1. The first kappa shape index (κ1) is 22.6. The number of likely N-dealkylation sites (tertiary alicyclic amines) is 1. The highest BCUT2D eigenvalue weighted by Crippen LogP contribution is 2.35. The van der Waals surface area contributed by atoms with Gasteiger partial charge in [0.25, 0.3) is 0 Å². The van der Waals surface area contributed by atoms with Crippen LogP contribution in [0.2, 0.25) is 0 Å². The van der Waals surface area contributed by atoms with Gasteiger partial charge in [0.1, 0.15) is 18.1 Å². The monoisotopic (exact) mass is 473 g/mol. The minimum absolute atomic E-state index is 0.215. The van der Waals surface area contributed by atoms with Gasteiger partial charge in [-0.25, -0.2) is 14.5 Å². The molecule has 0 unspecified atom stereocenters. The van der Waals surface area contributed by atoms with E-state index >= 15 is 0 Å². The number of nitrogens with one attached hydrogen (secondary N) is 1. The molecule has 4 aromatic rings. The number of pyridine rings is 1. The number of ether oxygens (including phenoxy) is 1. The Balaban J connectivity index is 1.37. The van der Waals surface area contributed by atoms with Gasteiger partial charge in [0, 0.05) is 24.8 Å². The summed E-state index contributed by atoms with van der Waals surface area (Å²) < 4.78 is 7.43. The molecule has 10 heteroatoms. The second kappa shape index (κ2) is 9.59. The molecule has 35 heavy (non-hydrogen) atoms. The summed E-state index contributed by atoms with van der Waals surface area (Å²) in [5.74, 6) is 1.17. The van der Waals surface area contributed by atoms with Gasteiger partial charge in [0.15, 0.2) is 0 Å². The summed E-state index contributed by atoms with van der Waals surface area (Å²) in [6, 6.07) is 11.8. The first-order valence-corrected chi connectivity index (χ1v) is 11.5. The van der Waals surface area contributed by atoms with E-state index in [0.29, 0.717) is 42.1 Å². The van der Waals surface area contributed by atoms with E-state index in [1.807, 2.05) is 36.5 Å². The second-order valence-electron chi connectivity index (χ2n) is 8.48. The highest BCUT2D eigenvalue weighted by molar-refractivity contribution is 5.84. The third kappa shape index (κ3) is 4.47. The van der Waals surface area contributed by atoms with Crippen LogP contribution in [0.5, 0.6) is 5.75 Å². The van der Waals surface area contributed by atoms with E-state index in [2.05, 4.69) is 26.4 Å². The standard InChI is InChI=1S/C25H27N7O3/c1-35-22-12-17(16-7-10-31(11-8-16)23(34)15-33)5-6-20(22)29-25-27-14-19(26)24(30-25)18-13-28-32-9-3-2-4-21(18)32/h2-6,9,12-14,16,33H,7-8,10-11,15,26H2,1H3,(H,27,29,30). The number of methoxy groups -OCH3 is 1. The smallest absolute Gasteiger partial charge is 0.248 e. The van der Waals surface area contributed by atoms with Gasteiger partial charge in [-0.15, -0.1) is 0 Å². The van der Waals surface area contributed by atoms with Crippen molar-refractivity contribution in [2.75, 3.05) is 37.9 Å². The number of aliphatic hydroxyl groups excluding tert-OH is 1. The van der Waals surface area contributed by atoms with Crippen molar-refractivity contribution in [2.45, 2.75) is 18.8 Å².